The normalized spacial score (nSPS) is 19.8. The molecule has 0 aromatic heterocycles. The van der Waals surface area contributed by atoms with Gasteiger partial charge in [0.2, 0.25) is 5.91 Å². The number of hydrogen-bond acceptors (Lipinski definition) is 2. The average Bonchev–Trinajstić information content (AvgIpc) is 2.37. The molecule has 84 valence electrons. The summed E-state index contributed by atoms with van der Waals surface area (Å²) < 4.78 is 0. The minimum Gasteiger partial charge on any atom is -0.340 e. The number of carbonyl (C=O) groups is 2. The number of anilines is 1. The van der Waals surface area contributed by atoms with E-state index in [1.165, 1.54) is 0 Å². The Morgan fingerprint density at radius 2 is 1.88 bits per heavy atom. The summed E-state index contributed by atoms with van der Waals surface area (Å²) in [6, 6.07) is 6.53. The molecular weight excluding hydrogens is 204 g/mol. The highest BCUT2D eigenvalue weighted by atomic mass is 16.2. The van der Waals surface area contributed by atoms with Crippen molar-refractivity contribution in [2.24, 2.45) is 5.92 Å². The van der Waals surface area contributed by atoms with Crippen molar-refractivity contribution in [3.63, 3.8) is 0 Å². The number of amides is 2. The summed E-state index contributed by atoms with van der Waals surface area (Å²) in [7, 11) is 0. The van der Waals surface area contributed by atoms with E-state index in [1.807, 2.05) is 13.8 Å². The standard InChI is InChI=1S/C12H14N2O2/c1-7(2)10-12(16)13-9-6-4-3-5-8(9)11(15)14-10/h3-7,10H,1-2H3,(H,13,16)(H,14,15). The number of benzene rings is 1. The molecule has 16 heavy (non-hydrogen) atoms. The summed E-state index contributed by atoms with van der Waals surface area (Å²) in [6.45, 7) is 3.81. The van der Waals surface area contributed by atoms with Crippen LogP contribution in [0, 0.1) is 5.92 Å². The molecule has 1 unspecified atom stereocenters. The van der Waals surface area contributed by atoms with Crippen LogP contribution in [0.4, 0.5) is 5.69 Å². The monoisotopic (exact) mass is 218 g/mol. The van der Waals surface area contributed by atoms with Crippen LogP contribution >= 0.6 is 0 Å². The molecule has 0 bridgehead atoms. The van der Waals surface area contributed by atoms with Crippen LogP contribution in [0.1, 0.15) is 24.2 Å². The van der Waals surface area contributed by atoms with Gasteiger partial charge < -0.3 is 10.6 Å². The van der Waals surface area contributed by atoms with Gasteiger partial charge in [-0.25, -0.2) is 0 Å². The number of carbonyl (C=O) groups excluding carboxylic acids is 2. The van der Waals surface area contributed by atoms with Gasteiger partial charge in [-0.15, -0.1) is 0 Å². The maximum atomic E-state index is 11.9. The fraction of sp³-hybridized carbons (Fsp3) is 0.333. The number of para-hydroxylation sites is 1. The van der Waals surface area contributed by atoms with Gasteiger partial charge in [0.05, 0.1) is 11.3 Å². The first-order valence-corrected chi connectivity index (χ1v) is 5.30. The van der Waals surface area contributed by atoms with Gasteiger partial charge in [0.1, 0.15) is 6.04 Å². The second kappa shape index (κ2) is 3.96. The summed E-state index contributed by atoms with van der Waals surface area (Å²) in [6.07, 6.45) is 0. The van der Waals surface area contributed by atoms with Gasteiger partial charge in [0.25, 0.3) is 5.91 Å². The van der Waals surface area contributed by atoms with E-state index in [-0.39, 0.29) is 17.7 Å². The summed E-state index contributed by atoms with van der Waals surface area (Å²) in [5.41, 5.74) is 1.09. The molecule has 0 fully saturated rings. The van der Waals surface area contributed by atoms with Crippen LogP contribution in [0.25, 0.3) is 0 Å². The Morgan fingerprint density at radius 3 is 2.56 bits per heavy atom. The Balaban J connectivity index is 2.40. The van der Waals surface area contributed by atoms with Gasteiger partial charge in [-0.1, -0.05) is 26.0 Å². The highest BCUT2D eigenvalue weighted by Gasteiger charge is 2.29. The van der Waals surface area contributed by atoms with Crippen LogP contribution in [0.5, 0.6) is 0 Å². The summed E-state index contributed by atoms with van der Waals surface area (Å²) >= 11 is 0. The number of hydrogen-bond donors (Lipinski definition) is 2. The Labute approximate surface area is 94.0 Å². The maximum Gasteiger partial charge on any atom is 0.254 e. The third-order valence-corrected chi connectivity index (χ3v) is 2.67. The van der Waals surface area contributed by atoms with Gasteiger partial charge in [-0.2, -0.15) is 0 Å². The second-order valence-electron chi connectivity index (χ2n) is 4.23. The fourth-order valence-electron chi connectivity index (χ4n) is 1.75. The number of nitrogens with one attached hydrogen (secondary N) is 2. The molecule has 4 nitrogen and oxygen atoms in total. The van der Waals surface area contributed by atoms with Gasteiger partial charge in [0, 0.05) is 0 Å². The first kappa shape index (κ1) is 10.7. The highest BCUT2D eigenvalue weighted by Crippen LogP contribution is 2.19. The SMILES string of the molecule is CC(C)C1NC(=O)c2ccccc2NC1=O. The average molecular weight is 218 g/mol. The van der Waals surface area contributed by atoms with E-state index < -0.39 is 6.04 Å². The first-order chi connectivity index (χ1) is 7.59. The fourth-order valence-corrected chi connectivity index (χ4v) is 1.75. The molecule has 0 saturated heterocycles. The molecule has 1 aromatic rings. The summed E-state index contributed by atoms with van der Waals surface area (Å²) in [5.74, 6) is -0.292. The Kier molecular flexibility index (Phi) is 2.64. The van der Waals surface area contributed by atoms with Crippen molar-refractivity contribution in [2.45, 2.75) is 19.9 Å². The molecule has 1 heterocycles. The van der Waals surface area contributed by atoms with Crippen molar-refractivity contribution < 1.29 is 9.59 Å². The third-order valence-electron chi connectivity index (χ3n) is 2.67. The molecular formula is C12H14N2O2. The summed E-state index contributed by atoms with van der Waals surface area (Å²) in [4.78, 5) is 23.7. The smallest absolute Gasteiger partial charge is 0.254 e. The lowest BCUT2D eigenvalue weighted by Gasteiger charge is -2.17. The zero-order valence-electron chi connectivity index (χ0n) is 9.28. The van der Waals surface area contributed by atoms with Crippen LogP contribution in [0.2, 0.25) is 0 Å². The minimum atomic E-state index is -0.472. The second-order valence-corrected chi connectivity index (χ2v) is 4.23. The van der Waals surface area contributed by atoms with E-state index in [9.17, 15) is 9.59 Å². The van der Waals surface area contributed by atoms with Crippen molar-refractivity contribution in [1.29, 1.82) is 0 Å². The molecule has 0 aliphatic carbocycles. The van der Waals surface area contributed by atoms with E-state index in [2.05, 4.69) is 10.6 Å². The molecule has 4 heteroatoms. The van der Waals surface area contributed by atoms with Crippen molar-refractivity contribution in [1.82, 2.24) is 5.32 Å². The molecule has 0 saturated carbocycles. The van der Waals surface area contributed by atoms with E-state index in [4.69, 9.17) is 0 Å². The largest absolute Gasteiger partial charge is 0.340 e. The number of rotatable bonds is 1. The topological polar surface area (TPSA) is 58.2 Å². The van der Waals surface area contributed by atoms with E-state index in [0.29, 0.717) is 11.3 Å². The van der Waals surface area contributed by atoms with E-state index in [1.54, 1.807) is 24.3 Å². The third kappa shape index (κ3) is 1.78. The van der Waals surface area contributed by atoms with Gasteiger partial charge in [-0.3, -0.25) is 9.59 Å². The minimum absolute atomic E-state index is 0.0678. The molecule has 0 spiro atoms. The van der Waals surface area contributed by atoms with Crippen LogP contribution in [-0.4, -0.2) is 17.9 Å². The molecule has 1 atom stereocenters. The van der Waals surface area contributed by atoms with Crippen LogP contribution in [0.15, 0.2) is 24.3 Å². The lowest BCUT2D eigenvalue weighted by atomic mass is 10.0. The van der Waals surface area contributed by atoms with Crippen molar-refractivity contribution >= 4 is 17.5 Å². The van der Waals surface area contributed by atoms with E-state index >= 15 is 0 Å². The van der Waals surface area contributed by atoms with Crippen LogP contribution in [0.3, 0.4) is 0 Å². The van der Waals surface area contributed by atoms with Gasteiger partial charge in [-0.05, 0) is 18.1 Å². The Morgan fingerprint density at radius 1 is 1.19 bits per heavy atom. The zero-order chi connectivity index (χ0) is 11.7. The molecule has 2 amide bonds. The molecule has 1 aliphatic rings. The Hall–Kier alpha value is -1.84. The first-order valence-electron chi connectivity index (χ1n) is 5.30. The van der Waals surface area contributed by atoms with E-state index in [0.717, 1.165) is 0 Å². The quantitative estimate of drug-likeness (QED) is 0.748. The van der Waals surface area contributed by atoms with Crippen LogP contribution < -0.4 is 10.6 Å². The predicted molar refractivity (Wildman–Crippen MR) is 61.2 cm³/mol. The maximum absolute atomic E-state index is 11.9. The highest BCUT2D eigenvalue weighted by molar-refractivity contribution is 6.09. The van der Waals surface area contributed by atoms with Gasteiger partial charge in [0.15, 0.2) is 0 Å². The van der Waals surface area contributed by atoms with Crippen LogP contribution in [-0.2, 0) is 4.79 Å². The van der Waals surface area contributed by atoms with Gasteiger partial charge >= 0.3 is 0 Å². The predicted octanol–water partition coefficient (Wildman–Crippen LogP) is 1.39. The lowest BCUT2D eigenvalue weighted by Crippen LogP contribution is -2.44. The van der Waals surface area contributed by atoms with Crippen molar-refractivity contribution in [3.05, 3.63) is 29.8 Å². The van der Waals surface area contributed by atoms with Crippen molar-refractivity contribution in [2.75, 3.05) is 5.32 Å². The zero-order valence-corrected chi connectivity index (χ0v) is 9.28. The molecule has 1 aromatic carbocycles. The number of fused-ring (bicyclic) bond motifs is 1. The molecule has 2 N–H and O–H groups in total. The molecule has 1 aliphatic heterocycles. The molecule has 2 rings (SSSR count). The molecule has 0 radical (unpaired) electrons. The summed E-state index contributed by atoms with van der Waals surface area (Å²) in [5, 5.41) is 5.50. The van der Waals surface area contributed by atoms with Crippen molar-refractivity contribution in [3.8, 4) is 0 Å². The lowest BCUT2D eigenvalue weighted by molar-refractivity contribution is -0.118. The Bertz CT molecular complexity index is 440.